The number of hydrogen-bond donors (Lipinski definition) is 4. The maximum Gasteiger partial charge on any atom is 0.410 e. The van der Waals surface area contributed by atoms with E-state index in [0.717, 1.165) is 0 Å². The van der Waals surface area contributed by atoms with Gasteiger partial charge in [0, 0.05) is 51.4 Å². The zero-order valence-corrected chi connectivity index (χ0v) is 29.0. The van der Waals surface area contributed by atoms with E-state index >= 15 is 0 Å². The highest BCUT2D eigenvalue weighted by atomic mass is 16.6. The summed E-state index contributed by atoms with van der Waals surface area (Å²) in [5.41, 5.74) is -1.79. The number of cyclic esters (lactones) is 1. The highest BCUT2D eigenvalue weighted by Gasteiger charge is 2.47. The topological polar surface area (TPSA) is 167 Å². The number of nitrogens with one attached hydrogen (secondary N) is 1. The van der Waals surface area contributed by atoms with Crippen LogP contribution in [0.15, 0.2) is 36.0 Å². The van der Waals surface area contributed by atoms with Gasteiger partial charge in [-0.15, -0.1) is 0 Å². The Morgan fingerprint density at radius 2 is 1.94 bits per heavy atom. The molecule has 0 aromatic rings. The van der Waals surface area contributed by atoms with Gasteiger partial charge in [-0.3, -0.25) is 9.59 Å². The van der Waals surface area contributed by atoms with Gasteiger partial charge in [-0.2, -0.15) is 0 Å². The quantitative estimate of drug-likeness (QED) is 0.0891. The lowest BCUT2D eigenvalue weighted by Gasteiger charge is -2.37. The van der Waals surface area contributed by atoms with E-state index in [0.29, 0.717) is 44.6 Å². The summed E-state index contributed by atoms with van der Waals surface area (Å²) < 4.78 is 23.3. The molecule has 2 saturated heterocycles. The van der Waals surface area contributed by atoms with Crippen molar-refractivity contribution in [2.45, 2.75) is 128 Å². The van der Waals surface area contributed by atoms with Gasteiger partial charge in [0.15, 0.2) is 6.10 Å². The van der Waals surface area contributed by atoms with Crippen LogP contribution in [0.4, 0.5) is 4.79 Å². The summed E-state index contributed by atoms with van der Waals surface area (Å²) in [7, 11) is 0. The minimum absolute atomic E-state index is 0.0205. The van der Waals surface area contributed by atoms with Gasteiger partial charge in [-0.25, -0.2) is 4.79 Å². The van der Waals surface area contributed by atoms with Gasteiger partial charge >= 0.3 is 18.0 Å². The molecule has 3 aliphatic rings. The summed E-state index contributed by atoms with van der Waals surface area (Å²) in [5, 5.41) is 35.1. The Morgan fingerprint density at radius 1 is 1.26 bits per heavy atom. The predicted molar refractivity (Wildman–Crippen MR) is 175 cm³/mol. The normalized spacial score (nSPS) is 34.2. The fraction of sp³-hybridized carbons (Fsp3) is 0.743. The standard InChI is InChI=1S/C35H56N2O10/c1-8-27(40)24(4)32-28(44-32)21-34(6,43)14-9-10-22(2)31-23(3)11-12-29(45-33(42)37-18-16-36-17-19-37)35(7,47-25(5)38)15-13-26(39)20-30(41)46-31/h9-12,14,23-24,26-29,31-32,36,39-40,43H,8,13,15-21H2,1-7H3/b12-11-,14-9+,22-10+/t23-,24+,26+,27-,28+,29-,31+,32+,34-,35+/m0/s1. The van der Waals surface area contributed by atoms with Gasteiger partial charge in [-0.05, 0) is 51.7 Å². The molecule has 0 spiro atoms. The number of carbonyl (C=O) groups excluding carboxylic acids is 3. The summed E-state index contributed by atoms with van der Waals surface area (Å²) in [4.78, 5) is 39.9. The molecular formula is C35H56N2O10. The number of esters is 2. The summed E-state index contributed by atoms with van der Waals surface area (Å²) >= 11 is 0. The van der Waals surface area contributed by atoms with Crippen LogP contribution in [0, 0.1) is 11.8 Å². The largest absolute Gasteiger partial charge is 0.457 e. The molecular weight excluding hydrogens is 608 g/mol. The number of piperazine rings is 1. The summed E-state index contributed by atoms with van der Waals surface area (Å²) in [6.07, 6.45) is 5.54. The van der Waals surface area contributed by atoms with Gasteiger partial charge < -0.3 is 44.5 Å². The lowest BCUT2D eigenvalue weighted by atomic mass is 9.88. The zero-order valence-electron chi connectivity index (χ0n) is 29.0. The fourth-order valence-corrected chi connectivity index (χ4v) is 6.26. The lowest BCUT2D eigenvalue weighted by molar-refractivity contribution is -0.168. The first-order valence-corrected chi connectivity index (χ1v) is 16.9. The Bertz CT molecular complexity index is 1160. The van der Waals surface area contributed by atoms with Crippen LogP contribution < -0.4 is 5.32 Å². The van der Waals surface area contributed by atoms with Crippen LogP contribution in [0.25, 0.3) is 0 Å². The molecule has 12 nitrogen and oxygen atoms in total. The van der Waals surface area contributed by atoms with Crippen molar-refractivity contribution in [2.24, 2.45) is 11.8 Å². The Kier molecular flexibility index (Phi) is 14.0. The van der Waals surface area contributed by atoms with Gasteiger partial charge in [-0.1, -0.05) is 45.1 Å². The van der Waals surface area contributed by atoms with Crippen LogP contribution in [-0.2, 0) is 28.5 Å². The molecule has 3 aliphatic heterocycles. The van der Waals surface area contributed by atoms with E-state index in [1.54, 1.807) is 49.1 Å². The van der Waals surface area contributed by atoms with Crippen molar-refractivity contribution in [2.75, 3.05) is 26.2 Å². The fourth-order valence-electron chi connectivity index (χ4n) is 6.26. The smallest absolute Gasteiger partial charge is 0.410 e. The molecule has 2 fully saturated rings. The molecule has 3 rings (SSSR count). The average molecular weight is 665 g/mol. The molecule has 0 unspecified atom stereocenters. The van der Waals surface area contributed by atoms with E-state index in [-0.39, 0.29) is 37.4 Å². The van der Waals surface area contributed by atoms with E-state index in [1.807, 2.05) is 27.7 Å². The van der Waals surface area contributed by atoms with Crippen LogP contribution in [0.2, 0.25) is 0 Å². The number of amides is 1. The molecule has 0 bridgehead atoms. The molecule has 3 heterocycles. The Balaban J connectivity index is 1.82. The molecule has 47 heavy (non-hydrogen) atoms. The van der Waals surface area contributed by atoms with Gasteiger partial charge in [0.25, 0.3) is 0 Å². The van der Waals surface area contributed by atoms with E-state index < -0.39 is 59.6 Å². The number of aliphatic hydroxyl groups is 3. The Labute approximate surface area is 279 Å². The predicted octanol–water partition coefficient (Wildman–Crippen LogP) is 3.19. The van der Waals surface area contributed by atoms with E-state index in [1.165, 1.54) is 6.92 Å². The highest BCUT2D eigenvalue weighted by molar-refractivity contribution is 5.71. The molecule has 10 atom stereocenters. The molecule has 266 valence electrons. The van der Waals surface area contributed by atoms with Crippen LogP contribution in [0.5, 0.6) is 0 Å². The molecule has 12 heteroatoms. The first-order valence-electron chi connectivity index (χ1n) is 16.9. The van der Waals surface area contributed by atoms with Crippen molar-refractivity contribution in [3.63, 3.8) is 0 Å². The van der Waals surface area contributed by atoms with Crippen LogP contribution in [0.1, 0.15) is 80.6 Å². The average Bonchev–Trinajstić information content (AvgIpc) is 3.77. The van der Waals surface area contributed by atoms with Crippen molar-refractivity contribution in [3.05, 3.63) is 36.0 Å². The Morgan fingerprint density at radius 3 is 2.57 bits per heavy atom. The third-order valence-corrected chi connectivity index (χ3v) is 9.33. The number of hydrogen-bond acceptors (Lipinski definition) is 11. The van der Waals surface area contributed by atoms with Crippen LogP contribution in [0.3, 0.4) is 0 Å². The molecule has 0 aromatic carbocycles. The highest BCUT2D eigenvalue weighted by Crippen LogP contribution is 2.37. The van der Waals surface area contributed by atoms with Crippen LogP contribution >= 0.6 is 0 Å². The molecule has 4 N–H and O–H groups in total. The molecule has 1 amide bonds. The SMILES string of the molecule is CC[C@H](O)[C@@H](C)[C@H]1O[C@@H]1C[C@@](C)(O)/C=C/C=C(\C)[C@H]1OC(=O)C[C@H](O)CC[C@@](C)(OC(C)=O)[C@@H](OC(=O)N2CCNCC2)/C=C\[C@@H]1C. The van der Waals surface area contributed by atoms with Crippen molar-refractivity contribution in [1.29, 1.82) is 0 Å². The first kappa shape index (κ1) is 38.7. The number of nitrogens with zero attached hydrogens (tertiary/aromatic N) is 1. The number of allylic oxidation sites excluding steroid dienone is 2. The van der Waals surface area contributed by atoms with E-state index in [2.05, 4.69) is 5.32 Å². The number of carbonyl (C=O) groups is 3. The van der Waals surface area contributed by atoms with Crippen LogP contribution in [-0.4, -0.2) is 112 Å². The second kappa shape index (κ2) is 17.1. The molecule has 0 aliphatic carbocycles. The Hall–Kier alpha value is -2.77. The second-order valence-corrected chi connectivity index (χ2v) is 13.8. The van der Waals surface area contributed by atoms with Crippen molar-refractivity contribution < 1.29 is 48.7 Å². The van der Waals surface area contributed by atoms with Crippen molar-refractivity contribution in [3.8, 4) is 0 Å². The molecule has 0 saturated carbocycles. The van der Waals surface area contributed by atoms with E-state index in [4.69, 9.17) is 18.9 Å². The third-order valence-electron chi connectivity index (χ3n) is 9.33. The molecule has 0 radical (unpaired) electrons. The second-order valence-electron chi connectivity index (χ2n) is 13.8. The number of rotatable bonds is 10. The number of aliphatic hydroxyl groups excluding tert-OH is 2. The number of epoxide rings is 1. The first-order chi connectivity index (χ1) is 22.0. The van der Waals surface area contributed by atoms with E-state index in [9.17, 15) is 29.7 Å². The zero-order chi connectivity index (χ0) is 34.9. The maximum atomic E-state index is 13.2. The maximum absolute atomic E-state index is 13.2. The minimum Gasteiger partial charge on any atom is -0.457 e. The number of ether oxygens (including phenoxy) is 4. The van der Waals surface area contributed by atoms with Gasteiger partial charge in [0.1, 0.15) is 11.7 Å². The molecule has 0 aromatic heterocycles. The third kappa shape index (κ3) is 11.7. The lowest BCUT2D eigenvalue weighted by Crippen LogP contribution is -2.51. The van der Waals surface area contributed by atoms with Gasteiger partial charge in [0.05, 0.1) is 36.4 Å². The summed E-state index contributed by atoms with van der Waals surface area (Å²) in [6.45, 7) is 14.4. The van der Waals surface area contributed by atoms with Crippen molar-refractivity contribution >= 4 is 18.0 Å². The minimum atomic E-state index is -1.30. The monoisotopic (exact) mass is 664 g/mol. The van der Waals surface area contributed by atoms with Crippen molar-refractivity contribution in [1.82, 2.24) is 10.2 Å². The van der Waals surface area contributed by atoms with Gasteiger partial charge in [0.2, 0.25) is 0 Å². The summed E-state index contributed by atoms with van der Waals surface area (Å²) in [6, 6.07) is 0. The summed E-state index contributed by atoms with van der Waals surface area (Å²) in [5.74, 6) is -1.57.